The molecule has 3 aliphatic rings. The molecular formula is C16H18N2O2S. The number of hydrogen-bond donors (Lipinski definition) is 1. The van der Waals surface area contributed by atoms with Gasteiger partial charge in [0, 0.05) is 18.0 Å². The van der Waals surface area contributed by atoms with Crippen molar-refractivity contribution in [3.05, 3.63) is 34.9 Å². The minimum Gasteiger partial charge on any atom is -0.450 e. The summed E-state index contributed by atoms with van der Waals surface area (Å²) in [6, 6.07) is 6.04. The van der Waals surface area contributed by atoms with Crippen molar-refractivity contribution in [2.24, 2.45) is 11.7 Å². The maximum atomic E-state index is 11.8. The molecule has 0 spiro atoms. The molecule has 0 radical (unpaired) electrons. The molecule has 2 aromatic heterocycles. The number of carbonyl (C=O) groups is 1. The Kier molecular flexibility index (Phi) is 3.12. The minimum atomic E-state index is -0.454. The molecule has 5 heterocycles. The van der Waals surface area contributed by atoms with Gasteiger partial charge >= 0.3 is 0 Å². The SMILES string of the molecule is NC(=O)c1oc(-c2cccs2)cc1C1CN2CCC1CC2. The van der Waals surface area contributed by atoms with Gasteiger partial charge in [0.15, 0.2) is 5.76 Å². The Morgan fingerprint density at radius 3 is 2.76 bits per heavy atom. The van der Waals surface area contributed by atoms with Crippen molar-refractivity contribution >= 4 is 17.2 Å². The van der Waals surface area contributed by atoms with Crippen LogP contribution in [0.1, 0.15) is 34.9 Å². The molecule has 1 atom stereocenters. The molecule has 1 amide bonds. The van der Waals surface area contributed by atoms with E-state index in [0.717, 1.165) is 22.7 Å². The highest BCUT2D eigenvalue weighted by Crippen LogP contribution is 2.42. The van der Waals surface area contributed by atoms with Crippen LogP contribution in [0.5, 0.6) is 0 Å². The first-order valence-electron chi connectivity index (χ1n) is 7.42. The molecule has 5 rings (SSSR count). The third-order valence-electron chi connectivity index (χ3n) is 4.80. The predicted molar refractivity (Wildman–Crippen MR) is 82.4 cm³/mol. The number of nitrogens with zero attached hydrogens (tertiary/aromatic N) is 1. The lowest BCUT2D eigenvalue weighted by Gasteiger charge is -2.44. The van der Waals surface area contributed by atoms with E-state index in [-0.39, 0.29) is 0 Å². The predicted octanol–water partition coefficient (Wildman–Crippen LogP) is 2.92. The van der Waals surface area contributed by atoms with E-state index in [0.29, 0.717) is 17.6 Å². The fourth-order valence-corrected chi connectivity index (χ4v) is 4.41. The van der Waals surface area contributed by atoms with E-state index in [9.17, 15) is 4.79 Å². The lowest BCUT2D eigenvalue weighted by molar-refractivity contribution is 0.0845. The number of nitrogens with two attached hydrogens (primary N) is 1. The second kappa shape index (κ2) is 5.00. The van der Waals surface area contributed by atoms with Gasteiger partial charge in [-0.3, -0.25) is 4.79 Å². The van der Waals surface area contributed by atoms with E-state index < -0.39 is 5.91 Å². The third kappa shape index (κ3) is 2.21. The Hall–Kier alpha value is -1.59. The Morgan fingerprint density at radius 1 is 1.38 bits per heavy atom. The number of primary amides is 1. The Labute approximate surface area is 127 Å². The van der Waals surface area contributed by atoms with E-state index in [1.807, 2.05) is 23.6 Å². The van der Waals surface area contributed by atoms with Gasteiger partial charge in [-0.05, 0) is 49.4 Å². The molecule has 0 aromatic carbocycles. The zero-order chi connectivity index (χ0) is 14.4. The number of hydrogen-bond acceptors (Lipinski definition) is 4. The van der Waals surface area contributed by atoms with E-state index in [1.165, 1.54) is 25.9 Å². The van der Waals surface area contributed by atoms with Gasteiger partial charge in [0.2, 0.25) is 0 Å². The lowest BCUT2D eigenvalue weighted by atomic mass is 9.75. The summed E-state index contributed by atoms with van der Waals surface area (Å²) in [6.07, 6.45) is 2.42. The molecule has 5 heteroatoms. The van der Waals surface area contributed by atoms with Gasteiger partial charge in [-0.25, -0.2) is 0 Å². The van der Waals surface area contributed by atoms with Gasteiger partial charge in [0.05, 0.1) is 4.88 Å². The molecule has 0 saturated carbocycles. The van der Waals surface area contributed by atoms with Crippen molar-refractivity contribution in [1.29, 1.82) is 0 Å². The van der Waals surface area contributed by atoms with Crippen molar-refractivity contribution in [2.75, 3.05) is 19.6 Å². The summed E-state index contributed by atoms with van der Waals surface area (Å²) in [5.74, 6) is 1.71. The van der Waals surface area contributed by atoms with Crippen LogP contribution in [0.15, 0.2) is 28.0 Å². The molecule has 2 aromatic rings. The monoisotopic (exact) mass is 302 g/mol. The second-order valence-corrected chi connectivity index (χ2v) is 6.93. The summed E-state index contributed by atoms with van der Waals surface area (Å²) in [7, 11) is 0. The highest BCUT2D eigenvalue weighted by Gasteiger charge is 2.38. The molecule has 2 bridgehead atoms. The van der Waals surface area contributed by atoms with Crippen LogP contribution >= 0.6 is 11.3 Å². The zero-order valence-electron chi connectivity index (χ0n) is 11.7. The van der Waals surface area contributed by atoms with Crippen LogP contribution in [0.4, 0.5) is 0 Å². The summed E-state index contributed by atoms with van der Waals surface area (Å²) in [4.78, 5) is 15.3. The molecule has 21 heavy (non-hydrogen) atoms. The number of piperidine rings is 3. The molecule has 4 nitrogen and oxygen atoms in total. The molecule has 0 aliphatic carbocycles. The van der Waals surface area contributed by atoms with Crippen LogP contribution in [0.2, 0.25) is 0 Å². The average Bonchev–Trinajstić information content (AvgIpc) is 3.17. The first-order chi connectivity index (χ1) is 10.2. The normalized spacial score (nSPS) is 27.9. The van der Waals surface area contributed by atoms with Crippen molar-refractivity contribution in [3.63, 3.8) is 0 Å². The average molecular weight is 302 g/mol. The number of furan rings is 1. The Morgan fingerprint density at radius 2 is 2.19 bits per heavy atom. The number of amides is 1. The largest absolute Gasteiger partial charge is 0.450 e. The van der Waals surface area contributed by atoms with Crippen LogP contribution in [-0.4, -0.2) is 30.4 Å². The second-order valence-electron chi connectivity index (χ2n) is 5.98. The van der Waals surface area contributed by atoms with Crippen LogP contribution in [0.25, 0.3) is 10.6 Å². The highest BCUT2D eigenvalue weighted by atomic mass is 32.1. The van der Waals surface area contributed by atoms with Gasteiger partial charge in [-0.15, -0.1) is 11.3 Å². The van der Waals surface area contributed by atoms with E-state index in [2.05, 4.69) is 4.90 Å². The van der Waals surface area contributed by atoms with Gasteiger partial charge in [-0.1, -0.05) is 6.07 Å². The number of rotatable bonds is 3. The Bertz CT molecular complexity index is 654. The summed E-state index contributed by atoms with van der Waals surface area (Å²) in [5, 5.41) is 2.01. The van der Waals surface area contributed by atoms with Gasteiger partial charge in [0.1, 0.15) is 5.76 Å². The van der Waals surface area contributed by atoms with Gasteiger partial charge in [-0.2, -0.15) is 0 Å². The standard InChI is InChI=1S/C16H18N2O2S/c17-16(19)15-11(8-13(20-15)14-2-1-7-21-14)12-9-18-5-3-10(12)4-6-18/h1-2,7-8,10,12H,3-6,9H2,(H2,17,19). The van der Waals surface area contributed by atoms with E-state index in [1.54, 1.807) is 11.3 Å². The summed E-state index contributed by atoms with van der Waals surface area (Å²) < 4.78 is 5.80. The van der Waals surface area contributed by atoms with Crippen molar-refractivity contribution in [3.8, 4) is 10.6 Å². The first kappa shape index (κ1) is 13.1. The smallest absolute Gasteiger partial charge is 0.284 e. The van der Waals surface area contributed by atoms with Crippen LogP contribution < -0.4 is 5.73 Å². The van der Waals surface area contributed by atoms with Gasteiger partial charge in [0.25, 0.3) is 5.91 Å². The van der Waals surface area contributed by atoms with Crippen LogP contribution in [-0.2, 0) is 0 Å². The fraction of sp³-hybridized carbons (Fsp3) is 0.438. The zero-order valence-corrected chi connectivity index (χ0v) is 12.6. The minimum absolute atomic E-state index is 0.358. The number of fused-ring (bicyclic) bond motifs is 3. The summed E-state index contributed by atoms with van der Waals surface area (Å²) >= 11 is 1.62. The first-order valence-corrected chi connectivity index (χ1v) is 8.30. The summed E-state index contributed by atoms with van der Waals surface area (Å²) in [5.41, 5.74) is 6.56. The number of thiophene rings is 1. The fourth-order valence-electron chi connectivity index (χ4n) is 3.73. The van der Waals surface area contributed by atoms with E-state index >= 15 is 0 Å². The quantitative estimate of drug-likeness (QED) is 0.948. The molecule has 3 fully saturated rings. The van der Waals surface area contributed by atoms with Crippen LogP contribution in [0.3, 0.4) is 0 Å². The topological polar surface area (TPSA) is 59.5 Å². The van der Waals surface area contributed by atoms with E-state index in [4.69, 9.17) is 10.2 Å². The lowest BCUT2D eigenvalue weighted by Crippen LogP contribution is -2.46. The molecule has 110 valence electrons. The summed E-state index contributed by atoms with van der Waals surface area (Å²) in [6.45, 7) is 3.39. The molecule has 2 N–H and O–H groups in total. The number of carbonyl (C=O) groups excluding carboxylic acids is 1. The highest BCUT2D eigenvalue weighted by molar-refractivity contribution is 7.13. The van der Waals surface area contributed by atoms with Crippen molar-refractivity contribution in [1.82, 2.24) is 4.90 Å². The third-order valence-corrected chi connectivity index (χ3v) is 5.69. The molecule has 3 aliphatic heterocycles. The Balaban J connectivity index is 1.75. The molecule has 3 saturated heterocycles. The van der Waals surface area contributed by atoms with Gasteiger partial charge < -0.3 is 15.1 Å². The van der Waals surface area contributed by atoms with Crippen LogP contribution in [0, 0.1) is 5.92 Å². The maximum Gasteiger partial charge on any atom is 0.284 e. The molecular weight excluding hydrogens is 284 g/mol. The molecule has 1 unspecified atom stereocenters. The van der Waals surface area contributed by atoms with Crippen molar-refractivity contribution < 1.29 is 9.21 Å². The maximum absolute atomic E-state index is 11.8. The van der Waals surface area contributed by atoms with Crippen molar-refractivity contribution in [2.45, 2.75) is 18.8 Å².